The van der Waals surface area contributed by atoms with Gasteiger partial charge in [0.2, 0.25) is 5.91 Å². The SMILES string of the molecule is CCc1nc2c(N)nc(C)c(C)c2n1CCCC(N)=O. The Kier molecular flexibility index (Phi) is 3.92. The summed E-state index contributed by atoms with van der Waals surface area (Å²) >= 11 is 0. The third-order valence-corrected chi connectivity index (χ3v) is 3.60. The van der Waals surface area contributed by atoms with E-state index < -0.39 is 0 Å². The van der Waals surface area contributed by atoms with Gasteiger partial charge in [-0.3, -0.25) is 4.79 Å². The predicted molar refractivity (Wildman–Crippen MR) is 79.2 cm³/mol. The Morgan fingerprint density at radius 1 is 1.30 bits per heavy atom. The molecule has 2 aromatic heterocycles. The largest absolute Gasteiger partial charge is 0.382 e. The summed E-state index contributed by atoms with van der Waals surface area (Å²) in [6, 6.07) is 0. The summed E-state index contributed by atoms with van der Waals surface area (Å²) in [7, 11) is 0. The van der Waals surface area contributed by atoms with Crippen molar-refractivity contribution in [3.63, 3.8) is 0 Å². The van der Waals surface area contributed by atoms with Gasteiger partial charge in [0.15, 0.2) is 5.82 Å². The maximum atomic E-state index is 10.9. The zero-order valence-corrected chi connectivity index (χ0v) is 12.2. The van der Waals surface area contributed by atoms with E-state index >= 15 is 0 Å². The fraction of sp³-hybridized carbons (Fsp3) is 0.500. The van der Waals surface area contributed by atoms with E-state index in [1.165, 1.54) is 0 Å². The molecule has 6 heteroatoms. The van der Waals surface area contributed by atoms with Crippen molar-refractivity contribution in [3.05, 3.63) is 17.1 Å². The number of anilines is 1. The molecule has 0 saturated heterocycles. The third kappa shape index (κ3) is 2.45. The lowest BCUT2D eigenvalue weighted by atomic mass is 10.2. The van der Waals surface area contributed by atoms with Crippen LogP contribution in [0.4, 0.5) is 5.82 Å². The molecule has 6 nitrogen and oxygen atoms in total. The second-order valence-corrected chi connectivity index (χ2v) is 5.01. The number of fused-ring (bicyclic) bond motifs is 1. The Morgan fingerprint density at radius 2 is 2.00 bits per heavy atom. The number of primary amides is 1. The second kappa shape index (κ2) is 5.48. The second-order valence-electron chi connectivity index (χ2n) is 5.01. The fourth-order valence-electron chi connectivity index (χ4n) is 2.47. The summed E-state index contributed by atoms with van der Waals surface area (Å²) in [5, 5.41) is 0. The number of carbonyl (C=O) groups is 1. The lowest BCUT2D eigenvalue weighted by Crippen LogP contribution is -2.12. The van der Waals surface area contributed by atoms with E-state index in [2.05, 4.69) is 21.5 Å². The molecular formula is C14H21N5O. The lowest BCUT2D eigenvalue weighted by Gasteiger charge is -2.10. The van der Waals surface area contributed by atoms with E-state index in [9.17, 15) is 4.79 Å². The van der Waals surface area contributed by atoms with Gasteiger partial charge < -0.3 is 16.0 Å². The van der Waals surface area contributed by atoms with Crippen molar-refractivity contribution < 1.29 is 4.79 Å². The Labute approximate surface area is 118 Å². The highest BCUT2D eigenvalue weighted by molar-refractivity contribution is 5.88. The molecule has 0 radical (unpaired) electrons. The molecule has 20 heavy (non-hydrogen) atoms. The molecule has 0 saturated carbocycles. The molecule has 108 valence electrons. The minimum Gasteiger partial charge on any atom is -0.382 e. The fourth-order valence-corrected chi connectivity index (χ4v) is 2.47. The first kappa shape index (κ1) is 14.3. The van der Waals surface area contributed by atoms with Crippen LogP contribution in [-0.2, 0) is 17.8 Å². The molecule has 1 amide bonds. The summed E-state index contributed by atoms with van der Waals surface area (Å²) in [6.07, 6.45) is 1.89. The lowest BCUT2D eigenvalue weighted by molar-refractivity contribution is -0.118. The van der Waals surface area contributed by atoms with Crippen molar-refractivity contribution in [1.82, 2.24) is 14.5 Å². The van der Waals surface area contributed by atoms with Gasteiger partial charge in [0, 0.05) is 25.1 Å². The van der Waals surface area contributed by atoms with Gasteiger partial charge in [0.25, 0.3) is 0 Å². The van der Waals surface area contributed by atoms with Crippen molar-refractivity contribution in [2.75, 3.05) is 5.73 Å². The molecule has 2 heterocycles. The number of hydrogen-bond acceptors (Lipinski definition) is 4. The van der Waals surface area contributed by atoms with Crippen LogP contribution in [0.5, 0.6) is 0 Å². The molecule has 0 atom stereocenters. The molecule has 0 unspecified atom stereocenters. The summed E-state index contributed by atoms with van der Waals surface area (Å²) < 4.78 is 2.14. The van der Waals surface area contributed by atoms with E-state index in [1.54, 1.807) is 0 Å². The standard InChI is InChI=1S/C14H21N5O/c1-4-11-18-12-13(8(2)9(3)17-14(12)16)19(11)7-5-6-10(15)20/h4-7H2,1-3H3,(H2,15,20)(H2,16,17). The van der Waals surface area contributed by atoms with Crippen LogP contribution in [0, 0.1) is 13.8 Å². The van der Waals surface area contributed by atoms with Gasteiger partial charge in [-0.25, -0.2) is 9.97 Å². The summed E-state index contributed by atoms with van der Waals surface area (Å²) in [6.45, 7) is 6.73. The normalized spacial score (nSPS) is 11.2. The van der Waals surface area contributed by atoms with Gasteiger partial charge in [-0.05, 0) is 25.8 Å². The van der Waals surface area contributed by atoms with Crippen LogP contribution in [0.1, 0.15) is 36.8 Å². The number of nitrogens with two attached hydrogens (primary N) is 2. The van der Waals surface area contributed by atoms with E-state index in [-0.39, 0.29) is 5.91 Å². The van der Waals surface area contributed by atoms with Crippen LogP contribution in [0.3, 0.4) is 0 Å². The van der Waals surface area contributed by atoms with Crippen molar-refractivity contribution in [1.29, 1.82) is 0 Å². The van der Waals surface area contributed by atoms with Crippen molar-refractivity contribution in [2.45, 2.75) is 46.6 Å². The van der Waals surface area contributed by atoms with Crippen molar-refractivity contribution in [2.24, 2.45) is 5.73 Å². The monoisotopic (exact) mass is 275 g/mol. The van der Waals surface area contributed by atoms with Crippen molar-refractivity contribution in [3.8, 4) is 0 Å². The average molecular weight is 275 g/mol. The molecule has 0 aliphatic rings. The first-order valence-corrected chi connectivity index (χ1v) is 6.85. The van der Waals surface area contributed by atoms with Gasteiger partial charge in [0.1, 0.15) is 11.3 Å². The Balaban J connectivity index is 2.52. The van der Waals surface area contributed by atoms with Gasteiger partial charge in [0.05, 0.1) is 5.52 Å². The molecule has 2 aromatic rings. The van der Waals surface area contributed by atoms with Gasteiger partial charge in [-0.15, -0.1) is 0 Å². The van der Waals surface area contributed by atoms with Crippen LogP contribution in [0.2, 0.25) is 0 Å². The van der Waals surface area contributed by atoms with Crippen LogP contribution in [0.15, 0.2) is 0 Å². The number of pyridine rings is 1. The molecule has 0 spiro atoms. The zero-order chi connectivity index (χ0) is 14.9. The Bertz CT molecular complexity index is 659. The highest BCUT2D eigenvalue weighted by Crippen LogP contribution is 2.26. The van der Waals surface area contributed by atoms with E-state index in [0.29, 0.717) is 25.2 Å². The highest BCUT2D eigenvalue weighted by atomic mass is 16.1. The molecule has 2 rings (SSSR count). The Morgan fingerprint density at radius 3 is 2.60 bits per heavy atom. The summed E-state index contributed by atoms with van der Waals surface area (Å²) in [5.41, 5.74) is 15.0. The topological polar surface area (TPSA) is 99.8 Å². The number of rotatable bonds is 5. The van der Waals surface area contributed by atoms with E-state index in [4.69, 9.17) is 11.5 Å². The number of aryl methyl sites for hydroxylation is 4. The summed E-state index contributed by atoms with van der Waals surface area (Å²) in [4.78, 5) is 19.8. The molecule has 0 aliphatic heterocycles. The summed E-state index contributed by atoms with van der Waals surface area (Å²) in [5.74, 6) is 1.15. The number of nitrogens with zero attached hydrogens (tertiary/aromatic N) is 3. The van der Waals surface area contributed by atoms with Crippen LogP contribution >= 0.6 is 0 Å². The minimum absolute atomic E-state index is 0.276. The zero-order valence-electron chi connectivity index (χ0n) is 12.2. The highest BCUT2D eigenvalue weighted by Gasteiger charge is 2.16. The maximum absolute atomic E-state index is 10.9. The average Bonchev–Trinajstić information content (AvgIpc) is 2.75. The maximum Gasteiger partial charge on any atom is 0.217 e. The third-order valence-electron chi connectivity index (χ3n) is 3.60. The molecule has 0 fully saturated rings. The predicted octanol–water partition coefficient (Wildman–Crippen LogP) is 1.46. The number of amides is 1. The molecule has 4 N–H and O–H groups in total. The van der Waals surface area contributed by atoms with Gasteiger partial charge in [-0.2, -0.15) is 0 Å². The van der Waals surface area contributed by atoms with Crippen LogP contribution < -0.4 is 11.5 Å². The van der Waals surface area contributed by atoms with Crippen LogP contribution in [-0.4, -0.2) is 20.4 Å². The Hall–Kier alpha value is -2.11. The smallest absolute Gasteiger partial charge is 0.217 e. The number of carbonyl (C=O) groups excluding carboxylic acids is 1. The molecule has 0 aliphatic carbocycles. The number of hydrogen-bond donors (Lipinski definition) is 2. The first-order chi connectivity index (χ1) is 9.45. The van der Waals surface area contributed by atoms with E-state index in [0.717, 1.165) is 34.5 Å². The van der Waals surface area contributed by atoms with Crippen molar-refractivity contribution >= 4 is 22.8 Å². The van der Waals surface area contributed by atoms with Crippen LogP contribution in [0.25, 0.3) is 11.0 Å². The van der Waals surface area contributed by atoms with E-state index in [1.807, 2.05) is 13.8 Å². The molecular weight excluding hydrogens is 254 g/mol. The van der Waals surface area contributed by atoms with Gasteiger partial charge >= 0.3 is 0 Å². The number of aromatic nitrogens is 3. The number of nitrogen functional groups attached to an aromatic ring is 1. The minimum atomic E-state index is -0.276. The van der Waals surface area contributed by atoms with Gasteiger partial charge in [-0.1, -0.05) is 6.92 Å². The number of imidazole rings is 1. The quantitative estimate of drug-likeness (QED) is 0.862. The first-order valence-electron chi connectivity index (χ1n) is 6.85. The molecule has 0 aromatic carbocycles. The molecule has 0 bridgehead atoms.